The lowest BCUT2D eigenvalue weighted by Crippen LogP contribution is -2.44. The molecule has 6 nitrogen and oxygen atoms in total. The van der Waals surface area contributed by atoms with Crippen molar-refractivity contribution in [2.45, 2.75) is 5.78 Å². The van der Waals surface area contributed by atoms with Crippen molar-refractivity contribution in [2.75, 3.05) is 33.0 Å². The maximum atomic E-state index is 12.8. The molecule has 7 heteroatoms. The fourth-order valence-corrected chi connectivity index (χ4v) is 4.99. The van der Waals surface area contributed by atoms with Crippen molar-refractivity contribution in [3.05, 3.63) is 53.9 Å². The zero-order valence-electron chi connectivity index (χ0n) is 14.3. The minimum absolute atomic E-state index is 0.0402. The Bertz CT molecular complexity index is 842. The Balaban J connectivity index is 1.40. The highest BCUT2D eigenvalue weighted by Crippen LogP contribution is 2.46. The molecule has 4 heterocycles. The molecule has 2 unspecified atom stereocenters. The highest BCUT2D eigenvalue weighted by atomic mass is 31.1. The van der Waals surface area contributed by atoms with Gasteiger partial charge < -0.3 is 24.6 Å². The van der Waals surface area contributed by atoms with E-state index in [0.29, 0.717) is 8.58 Å². The van der Waals surface area contributed by atoms with Gasteiger partial charge in [-0.05, 0) is 29.1 Å². The Morgan fingerprint density at radius 1 is 1.15 bits per heavy atom. The second-order valence-electron chi connectivity index (χ2n) is 6.61. The number of nitrogens with one attached hydrogen (secondary N) is 1. The highest BCUT2D eigenvalue weighted by Gasteiger charge is 2.30. The molecule has 2 atom stereocenters. The molecule has 0 spiro atoms. The van der Waals surface area contributed by atoms with E-state index in [1.165, 1.54) is 0 Å². The van der Waals surface area contributed by atoms with Crippen molar-refractivity contribution >= 4 is 19.8 Å². The number of carbonyl (C=O) groups excluding carboxylic acids is 1. The third-order valence-corrected chi connectivity index (χ3v) is 6.52. The van der Waals surface area contributed by atoms with E-state index in [4.69, 9.17) is 9.47 Å². The monoisotopic (exact) mass is 369 g/mol. The molecular weight excluding hydrogens is 349 g/mol. The van der Waals surface area contributed by atoms with Crippen molar-refractivity contribution in [1.29, 1.82) is 0 Å². The van der Waals surface area contributed by atoms with E-state index in [2.05, 4.69) is 22.4 Å². The van der Waals surface area contributed by atoms with E-state index in [1.807, 2.05) is 29.3 Å². The number of ether oxygens (including phenoxy) is 2. The number of piperazine rings is 1. The third-order valence-electron chi connectivity index (χ3n) is 5.01. The molecular formula is C19H20N3O3P. The Labute approximate surface area is 153 Å². The van der Waals surface area contributed by atoms with Crippen molar-refractivity contribution in [1.82, 2.24) is 15.1 Å². The summed E-state index contributed by atoms with van der Waals surface area (Å²) in [6.07, 6.45) is 8.10. The average molecular weight is 369 g/mol. The Hall–Kier alpha value is -2.30. The summed E-state index contributed by atoms with van der Waals surface area (Å²) in [5, 5.41) is 4.43. The summed E-state index contributed by atoms with van der Waals surface area (Å²) in [5.74, 6) is 1.66. The number of hydrogen-bond acceptors (Lipinski definition) is 5. The fourth-order valence-electron chi connectivity index (χ4n) is 3.61. The molecule has 1 saturated heterocycles. The molecule has 5 rings (SSSR count). The van der Waals surface area contributed by atoms with Crippen LogP contribution in [0.3, 0.4) is 0 Å². The molecule has 0 radical (unpaired) electrons. The molecule has 4 aliphatic rings. The van der Waals surface area contributed by atoms with E-state index in [-0.39, 0.29) is 18.5 Å². The number of rotatable bonds is 2. The lowest BCUT2D eigenvalue weighted by atomic mass is 10.1. The highest BCUT2D eigenvalue weighted by molar-refractivity contribution is 7.51. The van der Waals surface area contributed by atoms with Gasteiger partial charge in [0.2, 0.25) is 6.79 Å². The van der Waals surface area contributed by atoms with Crippen molar-refractivity contribution in [3.8, 4) is 11.5 Å². The molecule has 1 fully saturated rings. The Morgan fingerprint density at radius 2 is 2.00 bits per heavy atom. The van der Waals surface area contributed by atoms with Crippen LogP contribution < -0.4 is 14.8 Å². The molecule has 0 bridgehead atoms. The van der Waals surface area contributed by atoms with Crippen LogP contribution in [0, 0.1) is 0 Å². The second-order valence-corrected chi connectivity index (χ2v) is 8.03. The predicted molar refractivity (Wildman–Crippen MR) is 101 cm³/mol. The van der Waals surface area contributed by atoms with Crippen molar-refractivity contribution in [2.24, 2.45) is 0 Å². The smallest absolute Gasteiger partial charge is 0.252 e. The molecule has 1 aromatic carbocycles. The summed E-state index contributed by atoms with van der Waals surface area (Å²) in [6.45, 7) is 4.18. The van der Waals surface area contributed by atoms with Gasteiger partial charge in [-0.15, -0.1) is 0 Å². The van der Waals surface area contributed by atoms with Gasteiger partial charge in [0.1, 0.15) is 0 Å². The number of hydrogen-bond donors (Lipinski definition) is 1. The minimum Gasteiger partial charge on any atom is -0.454 e. The molecule has 4 aliphatic heterocycles. The summed E-state index contributed by atoms with van der Waals surface area (Å²) < 4.78 is 10.8. The largest absolute Gasteiger partial charge is 0.454 e. The van der Waals surface area contributed by atoms with Gasteiger partial charge in [-0.3, -0.25) is 4.79 Å². The van der Waals surface area contributed by atoms with E-state index in [1.54, 1.807) is 6.08 Å². The van der Waals surface area contributed by atoms with E-state index < -0.39 is 0 Å². The first-order valence-corrected chi connectivity index (χ1v) is 9.92. The summed E-state index contributed by atoms with van der Waals surface area (Å²) in [4.78, 5) is 17.0. The number of allylic oxidation sites excluding steroid dienone is 1. The summed E-state index contributed by atoms with van der Waals surface area (Å²) in [6, 6.07) is 5.89. The van der Waals surface area contributed by atoms with Gasteiger partial charge >= 0.3 is 0 Å². The minimum atomic E-state index is 0.0402. The number of nitrogens with zero attached hydrogens (tertiary/aromatic N) is 2. The molecule has 1 N–H and O–H groups in total. The van der Waals surface area contributed by atoms with Crippen LogP contribution in [0.1, 0.15) is 5.56 Å². The molecule has 26 heavy (non-hydrogen) atoms. The van der Waals surface area contributed by atoms with Gasteiger partial charge in [0, 0.05) is 38.5 Å². The third kappa shape index (κ3) is 2.79. The van der Waals surface area contributed by atoms with Gasteiger partial charge in [0.15, 0.2) is 11.5 Å². The van der Waals surface area contributed by atoms with Crippen LogP contribution in [0.25, 0.3) is 5.31 Å². The normalized spacial score (nSPS) is 25.2. The lowest BCUT2D eigenvalue weighted by molar-refractivity contribution is -0.123. The number of fused-ring (bicyclic) bond motifs is 2. The van der Waals surface area contributed by atoms with Gasteiger partial charge in [-0.25, -0.2) is 0 Å². The maximum Gasteiger partial charge on any atom is 0.252 e. The van der Waals surface area contributed by atoms with Crippen LogP contribution in [-0.2, 0) is 4.79 Å². The van der Waals surface area contributed by atoms with Crippen molar-refractivity contribution < 1.29 is 14.3 Å². The topological polar surface area (TPSA) is 54.0 Å². The summed E-state index contributed by atoms with van der Waals surface area (Å²) in [5.41, 5.74) is 2.16. The quantitative estimate of drug-likeness (QED) is 0.808. The maximum absolute atomic E-state index is 12.8. The van der Waals surface area contributed by atoms with Gasteiger partial charge in [-0.1, -0.05) is 20.7 Å². The zero-order chi connectivity index (χ0) is 17.5. The van der Waals surface area contributed by atoms with Crippen LogP contribution in [0.2, 0.25) is 0 Å². The molecule has 1 amide bonds. The molecule has 0 aromatic heterocycles. The van der Waals surface area contributed by atoms with Gasteiger partial charge in [-0.2, -0.15) is 0 Å². The Morgan fingerprint density at radius 3 is 2.88 bits per heavy atom. The summed E-state index contributed by atoms with van der Waals surface area (Å²) in [7, 11) is 0.507. The van der Waals surface area contributed by atoms with E-state index in [0.717, 1.165) is 54.3 Å². The van der Waals surface area contributed by atoms with Crippen LogP contribution >= 0.6 is 8.58 Å². The average Bonchev–Trinajstić information content (AvgIpc) is 3.16. The molecule has 1 aromatic rings. The molecule has 0 aliphatic carbocycles. The molecule has 134 valence electrons. The zero-order valence-corrected chi connectivity index (χ0v) is 15.3. The van der Waals surface area contributed by atoms with Gasteiger partial charge in [0.25, 0.3) is 5.91 Å². The number of carbonyl (C=O) groups is 1. The van der Waals surface area contributed by atoms with Gasteiger partial charge in [0.05, 0.1) is 11.5 Å². The SMILES string of the molecule is O=C1C=C(c2ccc3c(c2)OCO3)PC2C=CC(N3CCNCC3)=CN12. The first kappa shape index (κ1) is 15.9. The number of amides is 1. The fraction of sp³-hybridized carbons (Fsp3) is 0.316. The Kier molecular flexibility index (Phi) is 3.95. The van der Waals surface area contributed by atoms with Crippen LogP contribution in [-0.4, -0.2) is 54.5 Å². The summed E-state index contributed by atoms with van der Waals surface area (Å²) >= 11 is 0. The van der Waals surface area contributed by atoms with Crippen LogP contribution in [0.5, 0.6) is 11.5 Å². The molecule has 0 saturated carbocycles. The van der Waals surface area contributed by atoms with E-state index >= 15 is 0 Å². The second kappa shape index (κ2) is 6.45. The first-order chi connectivity index (χ1) is 12.8. The van der Waals surface area contributed by atoms with Crippen molar-refractivity contribution in [3.63, 3.8) is 0 Å². The lowest BCUT2D eigenvalue weighted by Gasteiger charge is -2.37. The standard InChI is InChI=1S/C19H20N3O3P/c23-18-10-17(13-1-3-15-16(9-13)25-12-24-15)26-19-4-2-14(11-22(18)19)21-7-5-20-6-8-21/h1-4,9-11,19-20,26H,5-8,12H2. The predicted octanol–water partition coefficient (Wildman–Crippen LogP) is 1.92. The van der Waals surface area contributed by atoms with E-state index in [9.17, 15) is 4.79 Å². The first-order valence-electron chi connectivity index (χ1n) is 8.84. The van der Waals surface area contributed by atoms with Crippen LogP contribution in [0.15, 0.2) is 48.3 Å². The van der Waals surface area contributed by atoms with Crippen LogP contribution in [0.4, 0.5) is 0 Å². The number of benzene rings is 1.